The largest absolute Gasteiger partial charge is 0.379 e. The van der Waals surface area contributed by atoms with E-state index < -0.39 is 0 Å². The Morgan fingerprint density at radius 3 is 2.60 bits per heavy atom. The molecular weight excluding hydrogens is 126 g/mol. The van der Waals surface area contributed by atoms with Gasteiger partial charge in [0.25, 0.3) is 0 Å². The Labute approximate surface area is 63.4 Å². The van der Waals surface area contributed by atoms with E-state index in [9.17, 15) is 0 Å². The molecule has 60 valence electrons. The van der Waals surface area contributed by atoms with Crippen molar-refractivity contribution >= 4 is 0 Å². The summed E-state index contributed by atoms with van der Waals surface area (Å²) in [7, 11) is 6.37. The van der Waals surface area contributed by atoms with Crippen molar-refractivity contribution in [2.45, 2.75) is 18.9 Å². The number of rotatable bonds is 2. The molecular formula is C8H18NO+. The van der Waals surface area contributed by atoms with Gasteiger partial charge in [0.15, 0.2) is 0 Å². The molecule has 1 fully saturated rings. The van der Waals surface area contributed by atoms with Crippen LogP contribution in [0.3, 0.4) is 0 Å². The lowest BCUT2D eigenvalue weighted by Gasteiger charge is -2.30. The molecule has 0 bridgehead atoms. The molecule has 0 radical (unpaired) electrons. The number of nitrogens with zero attached hydrogens (tertiary/aromatic N) is 1. The maximum absolute atomic E-state index is 5.15. The highest BCUT2D eigenvalue weighted by molar-refractivity contribution is 4.64. The molecule has 0 saturated carbocycles. The highest BCUT2D eigenvalue weighted by atomic mass is 16.5. The Bertz CT molecular complexity index is 112. The summed E-state index contributed by atoms with van der Waals surface area (Å²) in [4.78, 5) is 0. The number of quaternary nitrogens is 1. The SMILES string of the molecule is COCC1CCC[N+]1(C)C. The number of likely N-dealkylation sites (N-methyl/N-ethyl adjacent to an activating group) is 1. The summed E-state index contributed by atoms with van der Waals surface area (Å²) in [5, 5.41) is 0. The summed E-state index contributed by atoms with van der Waals surface area (Å²) in [6.45, 7) is 2.24. The summed E-state index contributed by atoms with van der Waals surface area (Å²) in [5.41, 5.74) is 0. The van der Waals surface area contributed by atoms with E-state index >= 15 is 0 Å². The average Bonchev–Trinajstić information content (AvgIpc) is 2.13. The fourth-order valence-corrected chi connectivity index (χ4v) is 1.74. The smallest absolute Gasteiger partial charge is 0.112 e. The zero-order valence-electron chi connectivity index (χ0n) is 7.26. The molecule has 0 aromatic heterocycles. The minimum absolute atomic E-state index is 0.741. The number of hydrogen-bond acceptors (Lipinski definition) is 1. The van der Waals surface area contributed by atoms with E-state index in [1.54, 1.807) is 7.11 Å². The molecule has 1 aliphatic rings. The third-order valence-electron chi connectivity index (χ3n) is 2.62. The Hall–Kier alpha value is -0.0800. The minimum atomic E-state index is 0.741. The predicted octanol–water partition coefficient (Wildman–Crippen LogP) is 0.872. The van der Waals surface area contributed by atoms with Gasteiger partial charge in [0.2, 0.25) is 0 Å². The van der Waals surface area contributed by atoms with Crippen LogP contribution in [0.25, 0.3) is 0 Å². The van der Waals surface area contributed by atoms with E-state index in [0.717, 1.165) is 17.1 Å². The van der Waals surface area contributed by atoms with Crippen molar-refractivity contribution in [2.75, 3.05) is 34.4 Å². The summed E-state index contributed by atoms with van der Waals surface area (Å²) in [6.07, 6.45) is 2.70. The van der Waals surface area contributed by atoms with Gasteiger partial charge in [-0.25, -0.2) is 0 Å². The molecule has 1 atom stereocenters. The lowest BCUT2D eigenvalue weighted by Crippen LogP contribution is -2.46. The van der Waals surface area contributed by atoms with Crippen LogP contribution in [0.4, 0.5) is 0 Å². The normalized spacial score (nSPS) is 30.9. The fourth-order valence-electron chi connectivity index (χ4n) is 1.74. The quantitative estimate of drug-likeness (QED) is 0.523. The first kappa shape index (κ1) is 8.02. The van der Waals surface area contributed by atoms with Gasteiger partial charge >= 0.3 is 0 Å². The molecule has 0 N–H and O–H groups in total. The summed E-state index contributed by atoms with van der Waals surface area (Å²) in [6, 6.07) is 0.741. The van der Waals surface area contributed by atoms with E-state index in [-0.39, 0.29) is 0 Å². The Morgan fingerprint density at radius 2 is 2.20 bits per heavy atom. The molecule has 2 heteroatoms. The van der Waals surface area contributed by atoms with Gasteiger partial charge in [-0.05, 0) is 0 Å². The molecule has 2 nitrogen and oxygen atoms in total. The van der Waals surface area contributed by atoms with Crippen LogP contribution in [0, 0.1) is 0 Å². The monoisotopic (exact) mass is 144 g/mol. The van der Waals surface area contributed by atoms with Crippen LogP contribution in [0.5, 0.6) is 0 Å². The Morgan fingerprint density at radius 1 is 1.50 bits per heavy atom. The van der Waals surface area contributed by atoms with Crippen molar-refractivity contribution in [2.24, 2.45) is 0 Å². The molecule has 1 aliphatic heterocycles. The van der Waals surface area contributed by atoms with E-state index in [0.29, 0.717) is 0 Å². The molecule has 0 spiro atoms. The van der Waals surface area contributed by atoms with Gasteiger partial charge in [-0.3, -0.25) is 0 Å². The first-order valence-corrected chi connectivity index (χ1v) is 3.98. The zero-order chi connectivity index (χ0) is 7.61. The second-order valence-electron chi connectivity index (χ2n) is 3.75. The molecule has 1 heterocycles. The number of methoxy groups -OCH3 is 1. The van der Waals surface area contributed by atoms with Crippen molar-refractivity contribution in [1.82, 2.24) is 0 Å². The van der Waals surface area contributed by atoms with Crippen molar-refractivity contribution in [3.63, 3.8) is 0 Å². The predicted molar refractivity (Wildman–Crippen MR) is 41.9 cm³/mol. The lowest BCUT2D eigenvalue weighted by molar-refractivity contribution is -0.902. The van der Waals surface area contributed by atoms with Crippen molar-refractivity contribution in [1.29, 1.82) is 0 Å². The lowest BCUT2D eigenvalue weighted by atomic mass is 10.2. The highest BCUT2D eigenvalue weighted by Gasteiger charge is 2.33. The topological polar surface area (TPSA) is 9.23 Å². The molecule has 0 aromatic rings. The van der Waals surface area contributed by atoms with Gasteiger partial charge in [0.1, 0.15) is 6.04 Å². The van der Waals surface area contributed by atoms with Crippen LogP contribution < -0.4 is 0 Å². The van der Waals surface area contributed by atoms with Gasteiger partial charge in [-0.1, -0.05) is 0 Å². The maximum Gasteiger partial charge on any atom is 0.112 e. The van der Waals surface area contributed by atoms with Gasteiger partial charge in [-0.15, -0.1) is 0 Å². The Balaban J connectivity index is 2.43. The summed E-state index contributed by atoms with van der Waals surface area (Å²) < 4.78 is 6.29. The van der Waals surface area contributed by atoms with Crippen LogP contribution in [-0.4, -0.2) is 44.9 Å². The molecule has 0 aromatic carbocycles. The second-order valence-corrected chi connectivity index (χ2v) is 3.75. The van der Waals surface area contributed by atoms with Crippen LogP contribution in [-0.2, 0) is 4.74 Å². The number of likely N-dealkylation sites (tertiary alicyclic amines) is 1. The maximum atomic E-state index is 5.15. The Kier molecular flexibility index (Phi) is 2.32. The number of ether oxygens (including phenoxy) is 1. The zero-order valence-corrected chi connectivity index (χ0v) is 7.26. The van der Waals surface area contributed by atoms with E-state index in [4.69, 9.17) is 4.74 Å². The van der Waals surface area contributed by atoms with Crippen molar-refractivity contribution < 1.29 is 9.22 Å². The number of hydrogen-bond donors (Lipinski definition) is 0. The average molecular weight is 144 g/mol. The second kappa shape index (κ2) is 2.89. The van der Waals surface area contributed by atoms with E-state index in [1.165, 1.54) is 19.4 Å². The highest BCUT2D eigenvalue weighted by Crippen LogP contribution is 2.21. The van der Waals surface area contributed by atoms with Crippen molar-refractivity contribution in [3.8, 4) is 0 Å². The van der Waals surface area contributed by atoms with Crippen LogP contribution in [0.1, 0.15) is 12.8 Å². The van der Waals surface area contributed by atoms with Crippen LogP contribution in [0.2, 0.25) is 0 Å². The molecule has 1 saturated heterocycles. The van der Waals surface area contributed by atoms with Gasteiger partial charge < -0.3 is 9.22 Å². The molecule has 0 amide bonds. The van der Waals surface area contributed by atoms with Gasteiger partial charge in [-0.2, -0.15) is 0 Å². The molecule has 1 unspecified atom stereocenters. The first-order chi connectivity index (χ1) is 4.67. The fraction of sp³-hybridized carbons (Fsp3) is 1.00. The van der Waals surface area contributed by atoms with Crippen LogP contribution in [0.15, 0.2) is 0 Å². The summed E-state index contributed by atoms with van der Waals surface area (Å²) >= 11 is 0. The molecule has 1 rings (SSSR count). The standard InChI is InChI=1S/C8H18NO/c1-9(2)6-4-5-8(9)7-10-3/h8H,4-7H2,1-3H3/q+1. The van der Waals surface area contributed by atoms with Gasteiger partial charge in [0, 0.05) is 20.0 Å². The van der Waals surface area contributed by atoms with E-state index in [2.05, 4.69) is 14.1 Å². The van der Waals surface area contributed by atoms with Crippen molar-refractivity contribution in [3.05, 3.63) is 0 Å². The van der Waals surface area contributed by atoms with Crippen LogP contribution >= 0.6 is 0 Å². The summed E-state index contributed by atoms with van der Waals surface area (Å²) in [5.74, 6) is 0. The van der Waals surface area contributed by atoms with Gasteiger partial charge in [0.05, 0.1) is 27.2 Å². The minimum Gasteiger partial charge on any atom is -0.379 e. The first-order valence-electron chi connectivity index (χ1n) is 3.98. The third-order valence-corrected chi connectivity index (χ3v) is 2.62. The third kappa shape index (κ3) is 1.50. The molecule has 0 aliphatic carbocycles. The molecule has 10 heavy (non-hydrogen) atoms. The van der Waals surface area contributed by atoms with E-state index in [1.807, 2.05) is 0 Å².